The van der Waals surface area contributed by atoms with E-state index in [0.29, 0.717) is 6.42 Å². The van der Waals surface area contributed by atoms with E-state index in [2.05, 4.69) is 20.8 Å². The number of fused-ring (bicyclic) bond motifs is 5. The van der Waals surface area contributed by atoms with Crippen molar-refractivity contribution in [3.8, 4) is 0 Å². The first-order valence-electron chi connectivity index (χ1n) is 11.2. The second kappa shape index (κ2) is 6.80. The van der Waals surface area contributed by atoms with E-state index >= 15 is 0 Å². The van der Waals surface area contributed by atoms with Crippen LogP contribution in [0.15, 0.2) is 11.6 Å². The Hall–Kier alpha value is -1.89. The average Bonchev–Trinajstić information content (AvgIpc) is 2.89. The van der Waals surface area contributed by atoms with E-state index in [-0.39, 0.29) is 35.4 Å². The highest BCUT2D eigenvalue weighted by molar-refractivity contribution is 5.94. The van der Waals surface area contributed by atoms with Gasteiger partial charge in [0.1, 0.15) is 24.4 Å². The zero-order chi connectivity index (χ0) is 23.0. The summed E-state index contributed by atoms with van der Waals surface area (Å²) in [5, 5.41) is 11.9. The average molecular weight is 435 g/mol. The van der Waals surface area contributed by atoms with Gasteiger partial charge < -0.3 is 19.3 Å². The molecule has 3 aliphatic carbocycles. The zero-order valence-electron chi connectivity index (χ0n) is 19.3. The van der Waals surface area contributed by atoms with Crippen LogP contribution in [0.5, 0.6) is 0 Å². The molecule has 0 aromatic carbocycles. The van der Waals surface area contributed by atoms with Crippen molar-refractivity contribution in [2.45, 2.75) is 85.0 Å². The molecule has 1 N–H and O–H groups in total. The minimum atomic E-state index is -1.53. The molecule has 0 radical (unpaired) electrons. The van der Waals surface area contributed by atoms with Gasteiger partial charge in [0.2, 0.25) is 0 Å². The summed E-state index contributed by atoms with van der Waals surface area (Å²) in [6.45, 7) is 11.1. The molecule has 0 aromatic heterocycles. The van der Waals surface area contributed by atoms with Gasteiger partial charge in [0.15, 0.2) is 0 Å². The van der Waals surface area contributed by atoms with Crippen molar-refractivity contribution >= 4 is 17.9 Å². The van der Waals surface area contributed by atoms with Crippen molar-refractivity contribution in [1.82, 2.24) is 0 Å². The third kappa shape index (κ3) is 2.99. The molecule has 2 saturated carbocycles. The fraction of sp³-hybridized carbons (Fsp3) is 0.792. The van der Waals surface area contributed by atoms with Crippen LogP contribution in [0.2, 0.25) is 0 Å². The lowest BCUT2D eigenvalue weighted by Crippen LogP contribution is -2.71. The standard InChI is InChI=1S/C24H34O7/c1-13(25)30-16-10-15-20(27)29-12-24(15,28)23(6)11-17(31-14(2)26)18-21(3,4)8-7-9-22(18,5)19(16)23/h10,16-19,28H,7-9,11-12H2,1-6H3. The number of rotatable bonds is 2. The van der Waals surface area contributed by atoms with Gasteiger partial charge >= 0.3 is 17.9 Å². The van der Waals surface area contributed by atoms with Gasteiger partial charge in [-0.15, -0.1) is 0 Å². The lowest BCUT2D eigenvalue weighted by molar-refractivity contribution is -0.258. The fourth-order valence-corrected chi connectivity index (χ4v) is 8.01. The highest BCUT2D eigenvalue weighted by Gasteiger charge is 2.73. The lowest BCUT2D eigenvalue weighted by atomic mass is 9.38. The molecule has 7 atom stereocenters. The van der Waals surface area contributed by atoms with Crippen molar-refractivity contribution in [2.75, 3.05) is 6.61 Å². The Bertz CT molecular complexity index is 860. The van der Waals surface area contributed by atoms with Crippen LogP contribution in [-0.4, -0.2) is 47.4 Å². The van der Waals surface area contributed by atoms with Crippen LogP contribution >= 0.6 is 0 Å². The molecular formula is C24H34O7. The van der Waals surface area contributed by atoms with E-state index in [9.17, 15) is 19.5 Å². The number of aliphatic hydroxyl groups is 1. The van der Waals surface area contributed by atoms with Crippen molar-refractivity contribution in [3.05, 3.63) is 11.6 Å². The smallest absolute Gasteiger partial charge is 0.337 e. The zero-order valence-corrected chi connectivity index (χ0v) is 19.3. The molecule has 4 rings (SSSR count). The van der Waals surface area contributed by atoms with Gasteiger partial charge in [-0.25, -0.2) is 4.79 Å². The maximum Gasteiger partial charge on any atom is 0.337 e. The molecule has 1 heterocycles. The molecule has 0 spiro atoms. The number of carbonyl (C=O) groups is 3. The van der Waals surface area contributed by atoms with Crippen LogP contribution in [0, 0.1) is 28.1 Å². The van der Waals surface area contributed by atoms with Crippen molar-refractivity contribution < 1.29 is 33.7 Å². The van der Waals surface area contributed by atoms with E-state index in [0.717, 1.165) is 19.3 Å². The second-order valence-corrected chi connectivity index (χ2v) is 11.2. The lowest BCUT2D eigenvalue weighted by Gasteiger charge is -2.68. The number of ether oxygens (including phenoxy) is 3. The maximum absolute atomic E-state index is 12.5. The van der Waals surface area contributed by atoms with Gasteiger partial charge in [0, 0.05) is 31.1 Å². The SMILES string of the molecule is CC(=O)OC1C=C2C(=O)OCC2(O)C2(C)CC(OC(C)=O)C3C(C)(C)CCCC3(C)C12. The summed E-state index contributed by atoms with van der Waals surface area (Å²) in [6.07, 6.45) is 3.73. The Morgan fingerprint density at radius 2 is 1.71 bits per heavy atom. The molecule has 0 aromatic rings. The molecule has 1 aliphatic heterocycles. The molecule has 172 valence electrons. The van der Waals surface area contributed by atoms with Crippen LogP contribution < -0.4 is 0 Å². The van der Waals surface area contributed by atoms with E-state index in [1.807, 2.05) is 6.92 Å². The first-order chi connectivity index (χ1) is 14.3. The quantitative estimate of drug-likeness (QED) is 0.527. The van der Waals surface area contributed by atoms with Gasteiger partial charge in [0.25, 0.3) is 0 Å². The van der Waals surface area contributed by atoms with Gasteiger partial charge in [-0.05, 0) is 36.2 Å². The third-order valence-corrected chi connectivity index (χ3v) is 8.78. The third-order valence-electron chi connectivity index (χ3n) is 8.78. The Balaban J connectivity index is 1.94. The molecule has 7 heteroatoms. The van der Waals surface area contributed by atoms with Gasteiger partial charge in [-0.3, -0.25) is 9.59 Å². The fourth-order valence-electron chi connectivity index (χ4n) is 8.01. The summed E-state index contributed by atoms with van der Waals surface area (Å²) < 4.78 is 17.0. The molecule has 31 heavy (non-hydrogen) atoms. The van der Waals surface area contributed by atoms with Crippen LogP contribution in [0.25, 0.3) is 0 Å². The van der Waals surface area contributed by atoms with Crippen LogP contribution in [0.4, 0.5) is 0 Å². The predicted octanol–water partition coefficient (Wildman–Crippen LogP) is 2.94. The van der Waals surface area contributed by atoms with Crippen molar-refractivity contribution in [1.29, 1.82) is 0 Å². The van der Waals surface area contributed by atoms with E-state index < -0.39 is 40.6 Å². The Labute approximate surface area is 183 Å². The summed E-state index contributed by atoms with van der Waals surface area (Å²) in [4.78, 5) is 36.6. The van der Waals surface area contributed by atoms with Gasteiger partial charge in [-0.2, -0.15) is 0 Å². The molecule has 1 saturated heterocycles. The molecular weight excluding hydrogens is 400 g/mol. The molecule has 7 nitrogen and oxygen atoms in total. The Kier molecular flexibility index (Phi) is 4.90. The molecule has 0 bridgehead atoms. The van der Waals surface area contributed by atoms with Crippen molar-refractivity contribution in [3.63, 3.8) is 0 Å². The molecule has 0 amide bonds. The number of esters is 3. The largest absolute Gasteiger partial charge is 0.462 e. The molecule has 7 unspecified atom stereocenters. The number of hydrogen-bond donors (Lipinski definition) is 1. The summed E-state index contributed by atoms with van der Waals surface area (Å²) >= 11 is 0. The summed E-state index contributed by atoms with van der Waals surface area (Å²) in [5.74, 6) is -1.61. The number of carbonyl (C=O) groups excluding carboxylic acids is 3. The molecule has 4 aliphatic rings. The second-order valence-electron chi connectivity index (χ2n) is 11.2. The summed E-state index contributed by atoms with van der Waals surface area (Å²) in [7, 11) is 0. The van der Waals surface area contributed by atoms with Crippen LogP contribution in [0.1, 0.15) is 67.2 Å². The minimum Gasteiger partial charge on any atom is -0.462 e. The Morgan fingerprint density at radius 3 is 2.32 bits per heavy atom. The van der Waals surface area contributed by atoms with Crippen molar-refractivity contribution in [2.24, 2.45) is 28.1 Å². The monoisotopic (exact) mass is 434 g/mol. The summed E-state index contributed by atoms with van der Waals surface area (Å²) in [5.41, 5.74) is -2.76. The normalized spacial score (nSPS) is 45.4. The van der Waals surface area contributed by atoms with E-state index in [1.54, 1.807) is 6.08 Å². The highest BCUT2D eigenvalue weighted by Crippen LogP contribution is 2.70. The summed E-state index contributed by atoms with van der Waals surface area (Å²) in [6, 6.07) is 0. The predicted molar refractivity (Wildman–Crippen MR) is 111 cm³/mol. The first-order valence-corrected chi connectivity index (χ1v) is 11.2. The Morgan fingerprint density at radius 1 is 1.06 bits per heavy atom. The topological polar surface area (TPSA) is 99.1 Å². The number of hydrogen-bond acceptors (Lipinski definition) is 7. The first kappa shape index (κ1) is 22.3. The van der Waals surface area contributed by atoms with Crippen LogP contribution in [-0.2, 0) is 28.6 Å². The highest BCUT2D eigenvalue weighted by atomic mass is 16.6. The number of cyclic esters (lactones) is 1. The van der Waals surface area contributed by atoms with Gasteiger partial charge in [-0.1, -0.05) is 34.1 Å². The van der Waals surface area contributed by atoms with Gasteiger partial charge in [0.05, 0.1) is 5.57 Å². The van der Waals surface area contributed by atoms with Crippen LogP contribution in [0.3, 0.4) is 0 Å². The minimum absolute atomic E-state index is 0.0188. The maximum atomic E-state index is 12.5. The van der Waals surface area contributed by atoms with E-state index in [4.69, 9.17) is 14.2 Å². The molecule has 3 fully saturated rings. The van der Waals surface area contributed by atoms with E-state index in [1.165, 1.54) is 13.8 Å².